The molecular weight excluding hydrogens is 404 g/mol. The Morgan fingerprint density at radius 1 is 1.00 bits per heavy atom. The smallest absolute Gasteiger partial charge is 0.242 e. The van der Waals surface area contributed by atoms with E-state index in [0.717, 1.165) is 16.9 Å². The van der Waals surface area contributed by atoms with E-state index in [4.69, 9.17) is 11.6 Å². The van der Waals surface area contributed by atoms with Gasteiger partial charge in [-0.15, -0.1) is 11.8 Å². The van der Waals surface area contributed by atoms with Crippen molar-refractivity contribution in [1.29, 1.82) is 0 Å². The quantitative estimate of drug-likeness (QED) is 0.598. The fraction of sp³-hybridized carbons (Fsp3) is 0.391. The standard InChI is InChI=1S/C23H29ClN2O2S/c1-17(2)25-23(28)18(3)26(14-13-19-7-5-4-6-8-19)22(27)16-29-15-20-9-11-21(24)12-10-20/h4-12,17-18H,13-16H2,1-3H3,(H,25,28)/t18-/m1/s1. The van der Waals surface area contributed by atoms with E-state index in [-0.39, 0.29) is 17.9 Å². The number of nitrogens with zero attached hydrogens (tertiary/aromatic N) is 1. The third-order valence-electron chi connectivity index (χ3n) is 4.49. The van der Waals surface area contributed by atoms with Gasteiger partial charge in [-0.3, -0.25) is 9.59 Å². The van der Waals surface area contributed by atoms with Crippen molar-refractivity contribution in [3.8, 4) is 0 Å². The highest BCUT2D eigenvalue weighted by molar-refractivity contribution is 7.99. The normalized spacial score (nSPS) is 11.9. The highest BCUT2D eigenvalue weighted by Crippen LogP contribution is 2.17. The van der Waals surface area contributed by atoms with Crippen LogP contribution in [0.5, 0.6) is 0 Å². The molecule has 0 saturated carbocycles. The molecule has 2 rings (SSSR count). The summed E-state index contributed by atoms with van der Waals surface area (Å²) in [5.74, 6) is 0.911. The second-order valence-corrected chi connectivity index (χ2v) is 8.70. The summed E-state index contributed by atoms with van der Waals surface area (Å²) in [6.07, 6.45) is 0.716. The monoisotopic (exact) mass is 432 g/mol. The Hall–Kier alpha value is -1.98. The number of benzene rings is 2. The van der Waals surface area contributed by atoms with E-state index in [2.05, 4.69) is 5.32 Å². The van der Waals surface area contributed by atoms with Crippen LogP contribution >= 0.6 is 23.4 Å². The lowest BCUT2D eigenvalue weighted by molar-refractivity contribution is -0.138. The molecule has 0 saturated heterocycles. The van der Waals surface area contributed by atoms with E-state index in [9.17, 15) is 9.59 Å². The Kier molecular flexibility index (Phi) is 9.55. The van der Waals surface area contributed by atoms with Gasteiger partial charge in [0.2, 0.25) is 11.8 Å². The molecule has 1 atom stereocenters. The Bertz CT molecular complexity index is 781. The van der Waals surface area contributed by atoms with Gasteiger partial charge >= 0.3 is 0 Å². The highest BCUT2D eigenvalue weighted by Gasteiger charge is 2.25. The maximum absolute atomic E-state index is 12.9. The molecule has 0 spiro atoms. The molecule has 2 aromatic rings. The first-order valence-electron chi connectivity index (χ1n) is 9.82. The van der Waals surface area contributed by atoms with Crippen molar-refractivity contribution in [2.75, 3.05) is 12.3 Å². The number of hydrogen-bond donors (Lipinski definition) is 1. The summed E-state index contributed by atoms with van der Waals surface area (Å²) < 4.78 is 0. The molecule has 0 bridgehead atoms. The maximum Gasteiger partial charge on any atom is 0.242 e. The number of rotatable bonds is 10. The zero-order chi connectivity index (χ0) is 21.2. The molecule has 0 aliphatic rings. The Balaban J connectivity index is 1.98. The van der Waals surface area contributed by atoms with Crippen molar-refractivity contribution in [3.63, 3.8) is 0 Å². The minimum atomic E-state index is -0.509. The molecule has 156 valence electrons. The zero-order valence-electron chi connectivity index (χ0n) is 17.2. The molecule has 0 fully saturated rings. The Labute approximate surface area is 183 Å². The maximum atomic E-state index is 12.9. The van der Waals surface area contributed by atoms with Gasteiger partial charge in [-0.2, -0.15) is 0 Å². The largest absolute Gasteiger partial charge is 0.352 e. The summed E-state index contributed by atoms with van der Waals surface area (Å²) in [7, 11) is 0. The van der Waals surface area contributed by atoms with Crippen LogP contribution in [0.3, 0.4) is 0 Å². The van der Waals surface area contributed by atoms with Gasteiger partial charge in [0.25, 0.3) is 0 Å². The van der Waals surface area contributed by atoms with Crippen LogP contribution in [0.4, 0.5) is 0 Å². The number of thioether (sulfide) groups is 1. The van der Waals surface area contributed by atoms with Gasteiger partial charge in [-0.1, -0.05) is 54.1 Å². The van der Waals surface area contributed by atoms with Gasteiger partial charge < -0.3 is 10.2 Å². The molecule has 4 nitrogen and oxygen atoms in total. The minimum Gasteiger partial charge on any atom is -0.352 e. The first-order valence-corrected chi connectivity index (χ1v) is 11.4. The van der Waals surface area contributed by atoms with Crippen molar-refractivity contribution in [1.82, 2.24) is 10.2 Å². The topological polar surface area (TPSA) is 49.4 Å². The van der Waals surface area contributed by atoms with Crippen molar-refractivity contribution in [3.05, 3.63) is 70.7 Å². The van der Waals surface area contributed by atoms with E-state index in [1.807, 2.05) is 68.4 Å². The lowest BCUT2D eigenvalue weighted by Gasteiger charge is -2.29. The van der Waals surface area contributed by atoms with Crippen LogP contribution in [0, 0.1) is 0 Å². The van der Waals surface area contributed by atoms with Gasteiger partial charge in [-0.25, -0.2) is 0 Å². The predicted molar refractivity (Wildman–Crippen MR) is 122 cm³/mol. The van der Waals surface area contributed by atoms with Crippen LogP contribution in [0.15, 0.2) is 54.6 Å². The van der Waals surface area contributed by atoms with Gasteiger partial charge in [0, 0.05) is 23.4 Å². The van der Waals surface area contributed by atoms with E-state index < -0.39 is 6.04 Å². The van der Waals surface area contributed by atoms with Crippen LogP contribution in [-0.4, -0.2) is 41.1 Å². The Morgan fingerprint density at radius 2 is 1.66 bits per heavy atom. The second-order valence-electron chi connectivity index (χ2n) is 7.28. The van der Waals surface area contributed by atoms with E-state index in [0.29, 0.717) is 23.7 Å². The predicted octanol–water partition coefficient (Wildman–Crippen LogP) is 4.56. The zero-order valence-corrected chi connectivity index (χ0v) is 18.8. The first kappa shape index (κ1) is 23.3. The fourth-order valence-corrected chi connectivity index (χ4v) is 3.89. The van der Waals surface area contributed by atoms with Crippen molar-refractivity contribution in [2.24, 2.45) is 0 Å². The van der Waals surface area contributed by atoms with Crippen molar-refractivity contribution in [2.45, 2.75) is 45.0 Å². The molecular formula is C23H29ClN2O2S. The highest BCUT2D eigenvalue weighted by atomic mass is 35.5. The number of carbonyl (C=O) groups is 2. The SMILES string of the molecule is CC(C)NC(=O)[C@@H](C)N(CCc1ccccc1)C(=O)CSCc1ccc(Cl)cc1. The van der Waals surface area contributed by atoms with Gasteiger partial charge in [0.05, 0.1) is 5.75 Å². The van der Waals surface area contributed by atoms with Crippen molar-refractivity contribution < 1.29 is 9.59 Å². The van der Waals surface area contributed by atoms with Gasteiger partial charge in [0.15, 0.2) is 0 Å². The van der Waals surface area contributed by atoms with Crippen molar-refractivity contribution >= 4 is 35.2 Å². The molecule has 2 aromatic carbocycles. The van der Waals surface area contributed by atoms with E-state index in [1.54, 1.807) is 23.6 Å². The van der Waals surface area contributed by atoms with Gasteiger partial charge in [0.1, 0.15) is 6.04 Å². The lowest BCUT2D eigenvalue weighted by Crippen LogP contribution is -2.50. The molecule has 0 aromatic heterocycles. The molecule has 0 radical (unpaired) electrons. The Morgan fingerprint density at radius 3 is 2.28 bits per heavy atom. The molecule has 0 unspecified atom stereocenters. The summed E-state index contributed by atoms with van der Waals surface area (Å²) in [4.78, 5) is 27.2. The lowest BCUT2D eigenvalue weighted by atomic mass is 10.1. The van der Waals surface area contributed by atoms with E-state index in [1.165, 1.54) is 0 Å². The van der Waals surface area contributed by atoms with Crippen LogP contribution in [0.2, 0.25) is 5.02 Å². The third-order valence-corrected chi connectivity index (χ3v) is 5.73. The van der Waals surface area contributed by atoms with Crippen LogP contribution in [0.25, 0.3) is 0 Å². The van der Waals surface area contributed by atoms with Crippen LogP contribution in [-0.2, 0) is 21.8 Å². The molecule has 0 heterocycles. The number of amides is 2. The third kappa shape index (κ3) is 8.11. The summed E-state index contributed by atoms with van der Waals surface area (Å²) in [6, 6.07) is 17.2. The minimum absolute atomic E-state index is 0.0219. The molecule has 0 aliphatic heterocycles. The first-order chi connectivity index (χ1) is 13.9. The van der Waals surface area contributed by atoms with Gasteiger partial charge in [-0.05, 0) is 50.5 Å². The summed E-state index contributed by atoms with van der Waals surface area (Å²) in [6.45, 7) is 6.15. The van der Waals surface area contributed by atoms with E-state index >= 15 is 0 Å². The molecule has 6 heteroatoms. The average Bonchev–Trinajstić information content (AvgIpc) is 2.69. The molecule has 2 amide bonds. The number of hydrogen-bond acceptors (Lipinski definition) is 3. The summed E-state index contributed by atoms with van der Waals surface area (Å²) in [5.41, 5.74) is 2.27. The second kappa shape index (κ2) is 11.9. The number of carbonyl (C=O) groups excluding carboxylic acids is 2. The summed E-state index contributed by atoms with van der Waals surface area (Å²) in [5, 5.41) is 3.61. The average molecular weight is 433 g/mol. The van der Waals surface area contributed by atoms with Crippen LogP contribution in [0.1, 0.15) is 31.9 Å². The molecule has 29 heavy (non-hydrogen) atoms. The summed E-state index contributed by atoms with van der Waals surface area (Å²) >= 11 is 7.47. The molecule has 1 N–H and O–H groups in total. The van der Waals surface area contributed by atoms with Crippen LogP contribution < -0.4 is 5.32 Å². The number of nitrogens with one attached hydrogen (secondary N) is 1. The number of halogens is 1. The fourth-order valence-electron chi connectivity index (χ4n) is 2.89. The molecule has 0 aliphatic carbocycles.